The largest absolute Gasteiger partial charge is 0.478 e. The molecule has 11 heteroatoms. The first kappa shape index (κ1) is 18.7. The lowest BCUT2D eigenvalue weighted by Crippen LogP contribution is -2.31. The number of thiocarbonyl (C=S) groups is 1. The maximum absolute atomic E-state index is 11.3. The van der Waals surface area contributed by atoms with Crippen LogP contribution in [0.25, 0.3) is 6.08 Å². The van der Waals surface area contributed by atoms with E-state index in [1.807, 2.05) is 0 Å². The van der Waals surface area contributed by atoms with Crippen LogP contribution in [0.3, 0.4) is 0 Å². The lowest BCUT2D eigenvalue weighted by molar-refractivity contribution is -0.394. The third-order valence-electron chi connectivity index (χ3n) is 2.65. The van der Waals surface area contributed by atoms with E-state index in [1.165, 1.54) is 6.20 Å². The van der Waals surface area contributed by atoms with Crippen molar-refractivity contribution in [2.75, 3.05) is 6.54 Å². The Hall–Kier alpha value is -3.34. The molecule has 0 aliphatic heterocycles. The summed E-state index contributed by atoms with van der Waals surface area (Å²) in [6, 6.07) is 1.45. The van der Waals surface area contributed by atoms with Gasteiger partial charge in [0, 0.05) is 18.8 Å². The molecule has 24 heavy (non-hydrogen) atoms. The van der Waals surface area contributed by atoms with Crippen LogP contribution in [0.2, 0.25) is 0 Å². The maximum Gasteiger partial charge on any atom is 0.336 e. The van der Waals surface area contributed by atoms with Crippen molar-refractivity contribution < 1.29 is 19.7 Å². The standard InChI is InChI=1S/C13H12N4O6S/c1-2-4-14-13(24)15-5-3-9-10(12(18)19)6-8(16(20)21)7-11(9)17(22)23/h2-3,5-7H,1,4H2,(H,18,19)(H2,14,15,24)/b5-3+. The predicted molar refractivity (Wildman–Crippen MR) is 89.7 cm³/mol. The summed E-state index contributed by atoms with van der Waals surface area (Å²) in [6.07, 6.45) is 3.85. The van der Waals surface area contributed by atoms with Crippen molar-refractivity contribution in [3.05, 3.63) is 62.3 Å². The van der Waals surface area contributed by atoms with Gasteiger partial charge in [0.05, 0.1) is 27.0 Å². The second-order valence-electron chi connectivity index (χ2n) is 4.22. The number of carbonyl (C=O) groups is 1. The van der Waals surface area contributed by atoms with Crippen molar-refractivity contribution in [2.45, 2.75) is 0 Å². The number of nitro benzene ring substituents is 2. The Morgan fingerprint density at radius 2 is 2.00 bits per heavy atom. The molecular formula is C13H12N4O6S. The fourth-order valence-corrected chi connectivity index (χ4v) is 1.80. The number of benzene rings is 1. The van der Waals surface area contributed by atoms with E-state index in [1.54, 1.807) is 6.08 Å². The molecule has 3 N–H and O–H groups in total. The van der Waals surface area contributed by atoms with Gasteiger partial charge in [0.15, 0.2) is 5.11 Å². The number of aromatic carboxylic acids is 1. The van der Waals surface area contributed by atoms with E-state index in [2.05, 4.69) is 17.2 Å². The summed E-state index contributed by atoms with van der Waals surface area (Å²) in [5.41, 5.74) is -2.26. The van der Waals surface area contributed by atoms with Crippen molar-refractivity contribution >= 4 is 40.8 Å². The highest BCUT2D eigenvalue weighted by Gasteiger charge is 2.25. The highest BCUT2D eigenvalue weighted by Crippen LogP contribution is 2.29. The minimum atomic E-state index is -1.53. The lowest BCUT2D eigenvalue weighted by Gasteiger charge is -2.06. The molecule has 0 radical (unpaired) electrons. The number of carboxylic acids is 1. The first-order valence-electron chi connectivity index (χ1n) is 6.29. The average molecular weight is 352 g/mol. The van der Waals surface area contributed by atoms with Crippen LogP contribution in [0.4, 0.5) is 11.4 Å². The zero-order valence-electron chi connectivity index (χ0n) is 12.1. The van der Waals surface area contributed by atoms with E-state index in [0.29, 0.717) is 12.6 Å². The van der Waals surface area contributed by atoms with Crippen LogP contribution in [0.15, 0.2) is 31.0 Å². The molecular weight excluding hydrogens is 340 g/mol. The highest BCUT2D eigenvalue weighted by atomic mass is 32.1. The molecule has 0 unspecified atom stereocenters. The van der Waals surface area contributed by atoms with Crippen LogP contribution < -0.4 is 10.6 Å². The van der Waals surface area contributed by atoms with E-state index in [0.717, 1.165) is 12.1 Å². The molecule has 10 nitrogen and oxygen atoms in total. The Balaban J connectivity index is 3.26. The average Bonchev–Trinajstić information content (AvgIpc) is 2.51. The molecule has 1 rings (SSSR count). The summed E-state index contributed by atoms with van der Waals surface area (Å²) >= 11 is 4.90. The maximum atomic E-state index is 11.3. The summed E-state index contributed by atoms with van der Waals surface area (Å²) in [4.78, 5) is 31.4. The van der Waals surface area contributed by atoms with Gasteiger partial charge in [-0.25, -0.2) is 4.79 Å². The van der Waals surface area contributed by atoms with Gasteiger partial charge in [0.1, 0.15) is 0 Å². The van der Waals surface area contributed by atoms with Crippen molar-refractivity contribution in [1.29, 1.82) is 0 Å². The van der Waals surface area contributed by atoms with E-state index in [9.17, 15) is 25.0 Å². The fraction of sp³-hybridized carbons (Fsp3) is 0.0769. The number of carboxylic acid groups (broad SMARTS) is 1. The quantitative estimate of drug-likeness (QED) is 0.289. The van der Waals surface area contributed by atoms with Crippen molar-refractivity contribution in [1.82, 2.24) is 10.6 Å². The van der Waals surface area contributed by atoms with Gasteiger partial charge in [-0.1, -0.05) is 6.08 Å². The van der Waals surface area contributed by atoms with Crippen molar-refractivity contribution in [3.8, 4) is 0 Å². The number of hydrogen-bond donors (Lipinski definition) is 3. The van der Waals surface area contributed by atoms with Gasteiger partial charge < -0.3 is 15.7 Å². The summed E-state index contributed by atoms with van der Waals surface area (Å²) in [5.74, 6) is -1.53. The Labute approximate surface area is 140 Å². The molecule has 0 amide bonds. The third-order valence-corrected chi connectivity index (χ3v) is 2.91. The van der Waals surface area contributed by atoms with Gasteiger partial charge in [0.25, 0.3) is 11.4 Å². The normalized spacial score (nSPS) is 10.2. The zero-order valence-corrected chi connectivity index (χ0v) is 12.9. The van der Waals surface area contributed by atoms with Gasteiger partial charge in [0.2, 0.25) is 0 Å². The minimum Gasteiger partial charge on any atom is -0.478 e. The summed E-state index contributed by atoms with van der Waals surface area (Å²) in [5, 5.41) is 36.5. The van der Waals surface area contributed by atoms with Crippen molar-refractivity contribution in [3.63, 3.8) is 0 Å². The Morgan fingerprint density at radius 3 is 2.50 bits per heavy atom. The van der Waals surface area contributed by atoms with Crippen LogP contribution in [-0.4, -0.2) is 32.6 Å². The molecule has 0 spiro atoms. The summed E-state index contributed by atoms with van der Waals surface area (Å²) in [6.45, 7) is 3.87. The summed E-state index contributed by atoms with van der Waals surface area (Å²) < 4.78 is 0. The van der Waals surface area contributed by atoms with Crippen LogP contribution in [-0.2, 0) is 0 Å². The van der Waals surface area contributed by atoms with Crippen LogP contribution >= 0.6 is 12.2 Å². The molecule has 0 saturated carbocycles. The van der Waals surface area contributed by atoms with Gasteiger partial charge in [-0.05, 0) is 18.3 Å². The molecule has 0 saturated heterocycles. The zero-order chi connectivity index (χ0) is 18.3. The first-order valence-corrected chi connectivity index (χ1v) is 6.70. The van der Waals surface area contributed by atoms with Crippen LogP contribution in [0.1, 0.15) is 15.9 Å². The molecule has 0 aromatic heterocycles. The predicted octanol–water partition coefficient (Wildman–Crippen LogP) is 1.82. The summed E-state index contributed by atoms with van der Waals surface area (Å²) in [7, 11) is 0. The number of nitro groups is 2. The molecule has 1 aromatic rings. The number of non-ortho nitro benzene ring substituents is 1. The lowest BCUT2D eigenvalue weighted by atomic mass is 10.0. The minimum absolute atomic E-state index is 0.188. The molecule has 0 atom stereocenters. The molecule has 0 aliphatic rings. The van der Waals surface area contributed by atoms with E-state index < -0.39 is 32.8 Å². The number of hydrogen-bond acceptors (Lipinski definition) is 6. The number of rotatable bonds is 7. The Morgan fingerprint density at radius 1 is 1.33 bits per heavy atom. The SMILES string of the molecule is C=CCNC(=S)N/C=C/c1c(C(=O)O)cc([N+](=O)[O-])cc1[N+](=O)[O-]. The van der Waals surface area contributed by atoms with Crippen LogP contribution in [0, 0.1) is 20.2 Å². The number of nitrogens with zero attached hydrogens (tertiary/aromatic N) is 2. The molecule has 0 bridgehead atoms. The third kappa shape index (κ3) is 4.84. The van der Waals surface area contributed by atoms with Gasteiger partial charge in [-0.15, -0.1) is 6.58 Å². The van der Waals surface area contributed by atoms with Gasteiger partial charge in [-0.3, -0.25) is 20.2 Å². The van der Waals surface area contributed by atoms with Crippen LogP contribution in [0.5, 0.6) is 0 Å². The molecule has 0 heterocycles. The molecule has 0 fully saturated rings. The first-order chi connectivity index (χ1) is 11.3. The van der Waals surface area contributed by atoms with Crippen molar-refractivity contribution in [2.24, 2.45) is 0 Å². The Kier molecular flexibility index (Phi) is 6.50. The smallest absolute Gasteiger partial charge is 0.336 e. The topological polar surface area (TPSA) is 148 Å². The van der Waals surface area contributed by atoms with Gasteiger partial charge in [-0.2, -0.15) is 0 Å². The second-order valence-corrected chi connectivity index (χ2v) is 4.63. The molecule has 126 valence electrons. The number of nitrogens with one attached hydrogen (secondary N) is 2. The van der Waals surface area contributed by atoms with Gasteiger partial charge >= 0.3 is 5.97 Å². The van der Waals surface area contributed by atoms with E-state index >= 15 is 0 Å². The monoisotopic (exact) mass is 352 g/mol. The fourth-order valence-electron chi connectivity index (χ4n) is 1.65. The van der Waals surface area contributed by atoms with E-state index in [-0.39, 0.29) is 10.7 Å². The Bertz CT molecular complexity index is 711. The van der Waals surface area contributed by atoms with E-state index in [4.69, 9.17) is 17.3 Å². The second kappa shape index (κ2) is 8.33. The molecule has 0 aliphatic carbocycles. The molecule has 1 aromatic carbocycles. The highest BCUT2D eigenvalue weighted by molar-refractivity contribution is 7.80.